The zero-order valence-electron chi connectivity index (χ0n) is 14.4. The third-order valence-corrected chi connectivity index (χ3v) is 7.23. The first-order valence-corrected chi connectivity index (χ1v) is 10.1. The van der Waals surface area contributed by atoms with Crippen LogP contribution < -0.4 is 10.6 Å². The molecule has 4 bridgehead atoms. The summed E-state index contributed by atoms with van der Waals surface area (Å²) < 4.78 is 0. The van der Waals surface area contributed by atoms with Crippen LogP contribution in [0.2, 0.25) is 5.02 Å². The number of hydrogen-bond acceptors (Lipinski definition) is 1. The molecular formula is C20H27ClN2S. The maximum absolute atomic E-state index is 5.93. The lowest BCUT2D eigenvalue weighted by Crippen LogP contribution is -2.57. The minimum atomic E-state index is 0.469. The molecule has 0 amide bonds. The molecule has 0 spiro atoms. The molecule has 0 aliphatic heterocycles. The molecule has 1 atom stereocenters. The molecule has 4 aliphatic carbocycles. The van der Waals surface area contributed by atoms with E-state index in [0.29, 0.717) is 11.5 Å². The SMILES string of the molecule is CC(NC(=S)NCc1ccc(Cl)cc1)C12CC3CC(CC(C3)C1)C2. The number of benzene rings is 1. The molecule has 4 fully saturated rings. The van der Waals surface area contributed by atoms with E-state index in [-0.39, 0.29) is 0 Å². The van der Waals surface area contributed by atoms with Crippen molar-refractivity contribution < 1.29 is 0 Å². The minimum Gasteiger partial charge on any atom is -0.360 e. The summed E-state index contributed by atoms with van der Waals surface area (Å²) in [6.45, 7) is 3.10. The molecule has 130 valence electrons. The molecule has 4 aliphatic rings. The second-order valence-electron chi connectivity index (χ2n) is 8.46. The zero-order chi connectivity index (χ0) is 16.7. The first-order valence-electron chi connectivity index (χ1n) is 9.31. The largest absolute Gasteiger partial charge is 0.360 e. The van der Waals surface area contributed by atoms with Gasteiger partial charge in [-0.15, -0.1) is 0 Å². The summed E-state index contributed by atoms with van der Waals surface area (Å²) in [7, 11) is 0. The summed E-state index contributed by atoms with van der Waals surface area (Å²) in [5.74, 6) is 2.95. The molecule has 0 radical (unpaired) electrons. The van der Waals surface area contributed by atoms with Gasteiger partial charge in [0.05, 0.1) is 0 Å². The first kappa shape index (κ1) is 16.7. The first-order chi connectivity index (χ1) is 11.5. The van der Waals surface area contributed by atoms with Crippen LogP contribution >= 0.6 is 23.8 Å². The summed E-state index contributed by atoms with van der Waals surface area (Å²) in [5.41, 5.74) is 1.69. The fourth-order valence-corrected chi connectivity index (χ4v) is 6.27. The van der Waals surface area contributed by atoms with E-state index >= 15 is 0 Å². The lowest BCUT2D eigenvalue weighted by atomic mass is 9.48. The maximum atomic E-state index is 5.93. The molecule has 24 heavy (non-hydrogen) atoms. The van der Waals surface area contributed by atoms with Gasteiger partial charge in [-0.25, -0.2) is 0 Å². The quantitative estimate of drug-likeness (QED) is 0.744. The van der Waals surface area contributed by atoms with Gasteiger partial charge in [-0.3, -0.25) is 0 Å². The van der Waals surface area contributed by atoms with Gasteiger partial charge in [0.2, 0.25) is 0 Å². The summed E-state index contributed by atoms with van der Waals surface area (Å²) in [6, 6.07) is 8.40. The molecule has 0 aromatic heterocycles. The normalized spacial score (nSPS) is 34.8. The Labute approximate surface area is 155 Å². The van der Waals surface area contributed by atoms with Crippen LogP contribution in [0.3, 0.4) is 0 Å². The molecular weight excluding hydrogens is 336 g/mol. The van der Waals surface area contributed by atoms with Gasteiger partial charge in [-0.2, -0.15) is 0 Å². The average Bonchev–Trinajstić information content (AvgIpc) is 2.53. The van der Waals surface area contributed by atoms with E-state index in [0.717, 1.165) is 34.4 Å². The Morgan fingerprint density at radius 3 is 2.21 bits per heavy atom. The fraction of sp³-hybridized carbons (Fsp3) is 0.650. The Morgan fingerprint density at radius 1 is 1.12 bits per heavy atom. The number of halogens is 1. The van der Waals surface area contributed by atoms with Crippen LogP contribution in [0, 0.1) is 23.2 Å². The third-order valence-electron chi connectivity index (χ3n) is 6.72. The minimum absolute atomic E-state index is 0.469. The Hall–Kier alpha value is -0.800. The van der Waals surface area contributed by atoms with E-state index in [4.69, 9.17) is 23.8 Å². The standard InChI is InChI=1S/C20H27ClN2S/c1-13(20-9-15-6-16(10-20)8-17(7-15)11-20)23-19(24)22-12-14-2-4-18(21)5-3-14/h2-5,13,15-17H,6-12H2,1H3,(H2,22,23,24). The van der Waals surface area contributed by atoms with Gasteiger partial charge in [0.1, 0.15) is 0 Å². The molecule has 1 unspecified atom stereocenters. The summed E-state index contributed by atoms with van der Waals surface area (Å²) in [5, 5.41) is 8.53. The van der Waals surface area contributed by atoms with Gasteiger partial charge in [-0.1, -0.05) is 23.7 Å². The van der Waals surface area contributed by atoms with Gasteiger partial charge in [0, 0.05) is 17.6 Å². The van der Waals surface area contributed by atoms with Crippen LogP contribution in [0.15, 0.2) is 24.3 Å². The summed E-state index contributed by atoms with van der Waals surface area (Å²) in [6.07, 6.45) is 8.70. The van der Waals surface area contributed by atoms with Crippen LogP contribution in [-0.4, -0.2) is 11.2 Å². The summed E-state index contributed by atoms with van der Waals surface area (Å²) >= 11 is 11.5. The second kappa shape index (κ2) is 6.49. The lowest BCUT2D eigenvalue weighted by molar-refractivity contribution is -0.0672. The Kier molecular flexibility index (Phi) is 4.51. The highest BCUT2D eigenvalue weighted by Crippen LogP contribution is 2.61. The molecule has 2 nitrogen and oxygen atoms in total. The molecule has 5 rings (SSSR count). The van der Waals surface area contributed by atoms with Crippen molar-refractivity contribution in [2.24, 2.45) is 23.2 Å². The van der Waals surface area contributed by atoms with Crippen molar-refractivity contribution in [3.05, 3.63) is 34.9 Å². The van der Waals surface area contributed by atoms with E-state index in [9.17, 15) is 0 Å². The van der Waals surface area contributed by atoms with Crippen molar-refractivity contribution in [3.8, 4) is 0 Å². The van der Waals surface area contributed by atoms with Crippen LogP contribution in [0.25, 0.3) is 0 Å². The van der Waals surface area contributed by atoms with Crippen molar-refractivity contribution in [2.75, 3.05) is 0 Å². The van der Waals surface area contributed by atoms with E-state index in [2.05, 4.69) is 17.6 Å². The molecule has 2 N–H and O–H groups in total. The monoisotopic (exact) mass is 362 g/mol. The van der Waals surface area contributed by atoms with Crippen LogP contribution in [0.1, 0.15) is 51.0 Å². The van der Waals surface area contributed by atoms with Crippen LogP contribution in [0.4, 0.5) is 0 Å². The van der Waals surface area contributed by atoms with Crippen molar-refractivity contribution in [2.45, 2.75) is 58.0 Å². The summed E-state index contributed by atoms with van der Waals surface area (Å²) in [4.78, 5) is 0. The predicted molar refractivity (Wildman–Crippen MR) is 104 cm³/mol. The second-order valence-corrected chi connectivity index (χ2v) is 9.30. The number of nitrogens with one attached hydrogen (secondary N) is 2. The van der Waals surface area contributed by atoms with Crippen molar-refractivity contribution in [1.29, 1.82) is 0 Å². The highest BCUT2D eigenvalue weighted by molar-refractivity contribution is 7.80. The smallest absolute Gasteiger partial charge is 0.166 e. The van der Waals surface area contributed by atoms with E-state index < -0.39 is 0 Å². The fourth-order valence-electron chi connectivity index (χ4n) is 5.89. The zero-order valence-corrected chi connectivity index (χ0v) is 15.9. The van der Waals surface area contributed by atoms with Crippen LogP contribution in [0.5, 0.6) is 0 Å². The van der Waals surface area contributed by atoms with Gasteiger partial charge in [-0.05, 0) is 98.5 Å². The van der Waals surface area contributed by atoms with E-state index in [1.807, 2.05) is 24.3 Å². The molecule has 0 heterocycles. The van der Waals surface area contributed by atoms with Gasteiger partial charge in [0.25, 0.3) is 0 Å². The highest BCUT2D eigenvalue weighted by atomic mass is 35.5. The Morgan fingerprint density at radius 2 is 1.67 bits per heavy atom. The molecule has 4 saturated carbocycles. The topological polar surface area (TPSA) is 24.1 Å². The number of thiocarbonyl (C=S) groups is 1. The lowest BCUT2D eigenvalue weighted by Gasteiger charge is -2.59. The third kappa shape index (κ3) is 3.30. The molecule has 1 aromatic rings. The molecule has 0 saturated heterocycles. The van der Waals surface area contributed by atoms with Crippen molar-refractivity contribution >= 4 is 28.9 Å². The highest BCUT2D eigenvalue weighted by Gasteiger charge is 2.53. The van der Waals surface area contributed by atoms with Gasteiger partial charge in [0.15, 0.2) is 5.11 Å². The Balaban J connectivity index is 1.33. The average molecular weight is 363 g/mol. The Bertz CT molecular complexity index is 577. The maximum Gasteiger partial charge on any atom is 0.166 e. The van der Waals surface area contributed by atoms with E-state index in [1.54, 1.807) is 0 Å². The van der Waals surface area contributed by atoms with Crippen LogP contribution in [-0.2, 0) is 6.54 Å². The van der Waals surface area contributed by atoms with Crippen molar-refractivity contribution in [3.63, 3.8) is 0 Å². The number of hydrogen-bond donors (Lipinski definition) is 2. The molecule has 1 aromatic carbocycles. The van der Waals surface area contributed by atoms with Crippen molar-refractivity contribution in [1.82, 2.24) is 10.6 Å². The predicted octanol–water partition coefficient (Wildman–Crippen LogP) is 4.91. The van der Waals surface area contributed by atoms with E-state index in [1.165, 1.54) is 44.1 Å². The van der Waals surface area contributed by atoms with Gasteiger partial charge >= 0.3 is 0 Å². The molecule has 4 heteroatoms. The number of rotatable bonds is 4. The van der Waals surface area contributed by atoms with Gasteiger partial charge < -0.3 is 10.6 Å².